The fourth-order valence-corrected chi connectivity index (χ4v) is 3.17. The second-order valence-electron chi connectivity index (χ2n) is 6.05. The third-order valence-corrected chi connectivity index (χ3v) is 4.33. The maximum absolute atomic E-state index is 12.3. The van der Waals surface area contributed by atoms with Gasteiger partial charge in [-0.25, -0.2) is 0 Å². The molecule has 4 heteroatoms. The summed E-state index contributed by atoms with van der Waals surface area (Å²) in [5, 5.41) is 3.05. The smallest absolute Gasteiger partial charge is 0.258 e. The van der Waals surface area contributed by atoms with Crippen LogP contribution in [0.25, 0.3) is 0 Å². The topological polar surface area (TPSA) is 55.4 Å². The lowest BCUT2D eigenvalue weighted by molar-refractivity contribution is -0.124. The number of nitrogens with one attached hydrogen (secondary N) is 1. The zero-order chi connectivity index (χ0) is 16.9. The van der Waals surface area contributed by atoms with Crippen molar-refractivity contribution in [2.24, 2.45) is 0 Å². The monoisotopic (exact) mass is 323 g/mol. The van der Waals surface area contributed by atoms with Crippen LogP contribution in [-0.2, 0) is 11.2 Å². The van der Waals surface area contributed by atoms with Crippen molar-refractivity contribution < 1.29 is 14.3 Å². The minimum atomic E-state index is -0.171. The van der Waals surface area contributed by atoms with Crippen LogP contribution in [0.15, 0.2) is 48.5 Å². The van der Waals surface area contributed by atoms with E-state index >= 15 is 0 Å². The summed E-state index contributed by atoms with van der Waals surface area (Å²) in [6, 6.07) is 15.2. The van der Waals surface area contributed by atoms with Gasteiger partial charge in [0, 0.05) is 0 Å². The van der Waals surface area contributed by atoms with E-state index in [2.05, 4.69) is 17.4 Å². The number of benzene rings is 2. The lowest BCUT2D eigenvalue weighted by atomic mass is 9.88. The molecule has 0 fully saturated rings. The van der Waals surface area contributed by atoms with E-state index in [1.165, 1.54) is 18.1 Å². The number of aryl methyl sites for hydroxylation is 1. The summed E-state index contributed by atoms with van der Waals surface area (Å²) in [5.74, 6) is 0.200. The van der Waals surface area contributed by atoms with Gasteiger partial charge in [0.15, 0.2) is 12.4 Å². The lowest BCUT2D eigenvalue weighted by Crippen LogP contribution is -2.34. The predicted molar refractivity (Wildman–Crippen MR) is 92.2 cm³/mol. The van der Waals surface area contributed by atoms with Crippen LogP contribution in [0, 0.1) is 0 Å². The van der Waals surface area contributed by atoms with Crippen LogP contribution >= 0.6 is 0 Å². The first-order valence-corrected chi connectivity index (χ1v) is 8.25. The maximum atomic E-state index is 12.3. The summed E-state index contributed by atoms with van der Waals surface area (Å²) in [6.45, 7) is 1.39. The van der Waals surface area contributed by atoms with Gasteiger partial charge in [-0.05, 0) is 49.4 Å². The molecule has 2 aromatic rings. The summed E-state index contributed by atoms with van der Waals surface area (Å²) in [6.07, 6.45) is 3.06. The molecule has 0 saturated carbocycles. The van der Waals surface area contributed by atoms with Gasteiger partial charge in [0.2, 0.25) is 0 Å². The maximum Gasteiger partial charge on any atom is 0.258 e. The minimum absolute atomic E-state index is 0.0362. The lowest BCUT2D eigenvalue weighted by Gasteiger charge is -2.26. The third kappa shape index (κ3) is 3.65. The van der Waals surface area contributed by atoms with Gasteiger partial charge in [0.25, 0.3) is 5.91 Å². The molecule has 1 aliphatic rings. The molecule has 1 amide bonds. The summed E-state index contributed by atoms with van der Waals surface area (Å²) in [4.78, 5) is 23.8. The molecule has 1 atom stereocenters. The highest BCUT2D eigenvalue weighted by molar-refractivity contribution is 5.96. The van der Waals surface area contributed by atoms with Crippen LogP contribution in [-0.4, -0.2) is 18.3 Å². The Kier molecular flexibility index (Phi) is 4.94. The highest BCUT2D eigenvalue weighted by atomic mass is 16.5. The number of ether oxygens (including phenoxy) is 1. The first kappa shape index (κ1) is 16.2. The molecule has 0 bridgehead atoms. The Morgan fingerprint density at radius 1 is 1.12 bits per heavy atom. The molecule has 124 valence electrons. The van der Waals surface area contributed by atoms with Crippen LogP contribution in [0.4, 0.5) is 0 Å². The molecule has 2 aromatic carbocycles. The van der Waals surface area contributed by atoms with Crippen molar-refractivity contribution in [1.29, 1.82) is 0 Å². The number of amides is 1. The largest absolute Gasteiger partial charge is 0.483 e. The van der Waals surface area contributed by atoms with Crippen molar-refractivity contribution >= 4 is 11.7 Å². The standard InChI is InChI=1S/C20H21NO3/c1-14(22)16-9-4-5-12-19(16)24-13-20(23)21-18-11-6-8-15-7-2-3-10-17(15)18/h2-5,7,9-10,12,18H,6,8,11,13H2,1H3,(H,21,23)/t18-/m1/s1. The first-order chi connectivity index (χ1) is 11.6. The number of ketones is 1. The molecule has 0 unspecified atom stereocenters. The van der Waals surface area contributed by atoms with E-state index < -0.39 is 0 Å². The van der Waals surface area contributed by atoms with E-state index in [9.17, 15) is 9.59 Å². The molecule has 0 radical (unpaired) electrons. The van der Waals surface area contributed by atoms with Crippen molar-refractivity contribution in [3.63, 3.8) is 0 Å². The number of hydrogen-bond donors (Lipinski definition) is 1. The Morgan fingerprint density at radius 2 is 1.88 bits per heavy atom. The molecular formula is C20H21NO3. The van der Waals surface area contributed by atoms with Crippen LogP contribution in [0.1, 0.15) is 47.3 Å². The molecule has 0 spiro atoms. The van der Waals surface area contributed by atoms with Crippen LogP contribution < -0.4 is 10.1 Å². The van der Waals surface area contributed by atoms with Crippen molar-refractivity contribution in [3.05, 3.63) is 65.2 Å². The van der Waals surface area contributed by atoms with E-state index in [0.29, 0.717) is 11.3 Å². The zero-order valence-corrected chi connectivity index (χ0v) is 13.7. The number of Topliss-reactive ketones (excluding diaryl/α,β-unsaturated/α-hetero) is 1. The van der Waals surface area contributed by atoms with Gasteiger partial charge in [0.1, 0.15) is 5.75 Å². The highest BCUT2D eigenvalue weighted by Crippen LogP contribution is 2.29. The quantitative estimate of drug-likeness (QED) is 0.857. The molecule has 0 aromatic heterocycles. The normalized spacial score (nSPS) is 16.1. The van der Waals surface area contributed by atoms with E-state index in [1.807, 2.05) is 12.1 Å². The fraction of sp³-hybridized carbons (Fsp3) is 0.300. The molecule has 4 nitrogen and oxygen atoms in total. The van der Waals surface area contributed by atoms with Gasteiger partial charge < -0.3 is 10.1 Å². The van der Waals surface area contributed by atoms with Gasteiger partial charge in [-0.3, -0.25) is 9.59 Å². The highest BCUT2D eigenvalue weighted by Gasteiger charge is 2.21. The summed E-state index contributed by atoms with van der Waals surface area (Å²) < 4.78 is 5.56. The Labute approximate surface area is 141 Å². The molecule has 0 aliphatic heterocycles. The number of carbonyl (C=O) groups is 2. The minimum Gasteiger partial charge on any atom is -0.483 e. The third-order valence-electron chi connectivity index (χ3n) is 4.33. The van der Waals surface area contributed by atoms with Gasteiger partial charge >= 0.3 is 0 Å². The summed E-state index contributed by atoms with van der Waals surface area (Å²) >= 11 is 0. The molecule has 24 heavy (non-hydrogen) atoms. The second kappa shape index (κ2) is 7.30. The molecule has 1 aliphatic carbocycles. The molecule has 1 N–H and O–H groups in total. The molecule has 3 rings (SSSR count). The second-order valence-corrected chi connectivity index (χ2v) is 6.05. The number of carbonyl (C=O) groups excluding carboxylic acids is 2. The summed E-state index contributed by atoms with van der Waals surface area (Å²) in [7, 11) is 0. The van der Waals surface area contributed by atoms with Crippen LogP contribution in [0.3, 0.4) is 0 Å². The first-order valence-electron chi connectivity index (χ1n) is 8.25. The van der Waals surface area contributed by atoms with E-state index in [1.54, 1.807) is 24.3 Å². The van der Waals surface area contributed by atoms with Crippen molar-refractivity contribution in [2.45, 2.75) is 32.2 Å². The van der Waals surface area contributed by atoms with E-state index in [0.717, 1.165) is 19.3 Å². The predicted octanol–water partition coefficient (Wildman–Crippen LogP) is 3.46. The molecular weight excluding hydrogens is 302 g/mol. The van der Waals surface area contributed by atoms with E-state index in [4.69, 9.17) is 4.74 Å². The number of para-hydroxylation sites is 1. The van der Waals surface area contributed by atoms with Crippen molar-refractivity contribution in [1.82, 2.24) is 5.32 Å². The van der Waals surface area contributed by atoms with Gasteiger partial charge in [-0.1, -0.05) is 36.4 Å². The average Bonchev–Trinajstić information content (AvgIpc) is 2.60. The summed E-state index contributed by atoms with van der Waals surface area (Å²) in [5.41, 5.74) is 2.99. The van der Waals surface area contributed by atoms with Crippen molar-refractivity contribution in [3.8, 4) is 5.75 Å². The molecule has 0 heterocycles. The number of fused-ring (bicyclic) bond motifs is 1. The van der Waals surface area contributed by atoms with Crippen molar-refractivity contribution in [2.75, 3.05) is 6.61 Å². The number of rotatable bonds is 5. The Hall–Kier alpha value is -2.62. The van der Waals surface area contributed by atoms with Crippen LogP contribution in [0.2, 0.25) is 0 Å². The Balaban J connectivity index is 1.62. The van der Waals surface area contributed by atoms with Crippen LogP contribution in [0.5, 0.6) is 5.75 Å². The van der Waals surface area contributed by atoms with E-state index in [-0.39, 0.29) is 24.3 Å². The fourth-order valence-electron chi connectivity index (χ4n) is 3.17. The Bertz CT molecular complexity index is 754. The SMILES string of the molecule is CC(=O)c1ccccc1OCC(=O)N[C@@H]1CCCc2ccccc21. The van der Waals surface area contributed by atoms with Gasteiger partial charge in [-0.2, -0.15) is 0 Å². The van der Waals surface area contributed by atoms with Gasteiger partial charge in [0.05, 0.1) is 11.6 Å². The molecule has 0 saturated heterocycles. The Morgan fingerprint density at radius 3 is 2.71 bits per heavy atom. The van der Waals surface area contributed by atoms with Gasteiger partial charge in [-0.15, -0.1) is 0 Å². The average molecular weight is 323 g/mol. The number of hydrogen-bond acceptors (Lipinski definition) is 3. The zero-order valence-electron chi connectivity index (χ0n) is 13.7.